The molecule has 0 saturated carbocycles. The first-order valence-electron chi connectivity index (χ1n) is 8.85. The van der Waals surface area contributed by atoms with Gasteiger partial charge in [-0.25, -0.2) is 0 Å². The summed E-state index contributed by atoms with van der Waals surface area (Å²) in [6.07, 6.45) is 1.07. The van der Waals surface area contributed by atoms with Crippen LogP contribution in [0.2, 0.25) is 0 Å². The zero-order valence-corrected chi connectivity index (χ0v) is 15.0. The third-order valence-electron chi connectivity index (χ3n) is 4.90. The van der Waals surface area contributed by atoms with Gasteiger partial charge in [-0.3, -0.25) is 9.69 Å². The van der Waals surface area contributed by atoms with Crippen LogP contribution in [0.3, 0.4) is 0 Å². The Labute approximate surface area is 149 Å². The van der Waals surface area contributed by atoms with Gasteiger partial charge in [0.25, 0.3) is 5.91 Å². The molecule has 4 nitrogen and oxygen atoms in total. The molecule has 1 atom stereocenters. The van der Waals surface area contributed by atoms with E-state index < -0.39 is 0 Å². The van der Waals surface area contributed by atoms with Crippen molar-refractivity contribution in [2.45, 2.75) is 32.5 Å². The predicted molar refractivity (Wildman–Crippen MR) is 99.5 cm³/mol. The van der Waals surface area contributed by atoms with Gasteiger partial charge in [0.05, 0.1) is 6.61 Å². The van der Waals surface area contributed by atoms with E-state index >= 15 is 0 Å². The molecule has 1 heterocycles. The maximum atomic E-state index is 12.5. The van der Waals surface area contributed by atoms with Crippen LogP contribution < -0.4 is 5.32 Å². The summed E-state index contributed by atoms with van der Waals surface area (Å²) in [6, 6.07) is 16.5. The van der Waals surface area contributed by atoms with Crippen molar-refractivity contribution in [3.63, 3.8) is 0 Å². The molecule has 1 amide bonds. The lowest BCUT2D eigenvalue weighted by Gasteiger charge is -2.33. The number of fused-ring (bicyclic) bond motifs is 1. The molecule has 132 valence electrons. The first-order valence-corrected chi connectivity index (χ1v) is 8.85. The van der Waals surface area contributed by atoms with E-state index in [0.29, 0.717) is 24.8 Å². The van der Waals surface area contributed by atoms with Crippen LogP contribution >= 0.6 is 0 Å². The first kappa shape index (κ1) is 17.6. The van der Waals surface area contributed by atoms with Gasteiger partial charge in [0.2, 0.25) is 0 Å². The Balaban J connectivity index is 1.58. The summed E-state index contributed by atoms with van der Waals surface area (Å²) < 4.78 is 5.18. The second-order valence-corrected chi connectivity index (χ2v) is 6.64. The number of carbonyl (C=O) groups is 1. The highest BCUT2D eigenvalue weighted by Gasteiger charge is 2.21. The minimum Gasteiger partial charge on any atom is -0.380 e. The van der Waals surface area contributed by atoms with E-state index in [-0.39, 0.29) is 5.91 Å². The van der Waals surface area contributed by atoms with Gasteiger partial charge >= 0.3 is 0 Å². The molecular formula is C21H26N2O2. The fourth-order valence-corrected chi connectivity index (χ4v) is 3.38. The maximum Gasteiger partial charge on any atom is 0.251 e. The molecule has 1 N–H and O–H groups in total. The SMILES string of the molecule is COCc1ccccc1C(=O)NCC(C)N1CCc2ccccc2C1. The van der Waals surface area contributed by atoms with Gasteiger partial charge in [0.1, 0.15) is 0 Å². The standard InChI is InChI=1S/C21H26N2O2/c1-16(23-12-11-17-7-3-4-8-18(17)14-23)13-22-21(24)20-10-6-5-9-19(20)15-25-2/h3-10,16H,11-15H2,1-2H3,(H,22,24). The minimum atomic E-state index is -0.0306. The molecule has 2 aromatic rings. The van der Waals surface area contributed by atoms with E-state index in [0.717, 1.165) is 25.1 Å². The normalized spacial score (nSPS) is 15.4. The van der Waals surface area contributed by atoms with E-state index in [1.165, 1.54) is 11.1 Å². The maximum absolute atomic E-state index is 12.5. The first-order chi connectivity index (χ1) is 12.2. The molecule has 0 spiro atoms. The van der Waals surface area contributed by atoms with Crippen molar-refractivity contribution >= 4 is 5.91 Å². The van der Waals surface area contributed by atoms with Gasteiger partial charge in [-0.1, -0.05) is 42.5 Å². The molecule has 3 rings (SSSR count). The molecule has 4 heteroatoms. The summed E-state index contributed by atoms with van der Waals surface area (Å²) in [7, 11) is 1.64. The summed E-state index contributed by atoms with van der Waals surface area (Å²) in [5.74, 6) is -0.0306. The Hall–Kier alpha value is -2.17. The lowest BCUT2D eigenvalue weighted by atomic mass is 9.99. The highest BCUT2D eigenvalue weighted by Crippen LogP contribution is 2.20. The van der Waals surface area contributed by atoms with Crippen molar-refractivity contribution in [2.75, 3.05) is 20.2 Å². The number of hydrogen-bond acceptors (Lipinski definition) is 3. The molecule has 0 bridgehead atoms. The van der Waals surface area contributed by atoms with Crippen LogP contribution in [0.1, 0.15) is 34.0 Å². The highest BCUT2D eigenvalue weighted by atomic mass is 16.5. The van der Waals surface area contributed by atoms with Crippen LogP contribution in [-0.4, -0.2) is 37.0 Å². The minimum absolute atomic E-state index is 0.0306. The highest BCUT2D eigenvalue weighted by molar-refractivity contribution is 5.95. The monoisotopic (exact) mass is 338 g/mol. The molecule has 0 radical (unpaired) electrons. The topological polar surface area (TPSA) is 41.6 Å². The number of amides is 1. The van der Waals surface area contributed by atoms with Crippen LogP contribution in [0.5, 0.6) is 0 Å². The third-order valence-corrected chi connectivity index (χ3v) is 4.90. The Morgan fingerprint density at radius 3 is 2.68 bits per heavy atom. The summed E-state index contributed by atoms with van der Waals surface area (Å²) in [5, 5.41) is 3.08. The Morgan fingerprint density at radius 1 is 1.16 bits per heavy atom. The van der Waals surface area contributed by atoms with E-state index in [9.17, 15) is 4.79 Å². The molecule has 0 aromatic heterocycles. The lowest BCUT2D eigenvalue weighted by Crippen LogP contribution is -2.44. The van der Waals surface area contributed by atoms with Crippen molar-refractivity contribution in [1.82, 2.24) is 10.2 Å². The summed E-state index contributed by atoms with van der Waals surface area (Å²) in [5.41, 5.74) is 4.46. The lowest BCUT2D eigenvalue weighted by molar-refractivity contribution is 0.0927. The molecule has 0 saturated heterocycles. The predicted octanol–water partition coefficient (Wildman–Crippen LogP) is 3.01. The summed E-state index contributed by atoms with van der Waals surface area (Å²) >= 11 is 0. The van der Waals surface area contributed by atoms with Crippen molar-refractivity contribution in [1.29, 1.82) is 0 Å². The molecular weight excluding hydrogens is 312 g/mol. The van der Waals surface area contributed by atoms with Gasteiger partial charge in [0, 0.05) is 38.3 Å². The van der Waals surface area contributed by atoms with Crippen molar-refractivity contribution in [3.05, 3.63) is 70.8 Å². The molecule has 0 fully saturated rings. The smallest absolute Gasteiger partial charge is 0.251 e. The van der Waals surface area contributed by atoms with Crippen LogP contribution in [0.15, 0.2) is 48.5 Å². The van der Waals surface area contributed by atoms with Gasteiger partial charge in [0.15, 0.2) is 0 Å². The third kappa shape index (κ3) is 4.27. The summed E-state index contributed by atoms with van der Waals surface area (Å²) in [4.78, 5) is 15.0. The van der Waals surface area contributed by atoms with Crippen LogP contribution in [0.4, 0.5) is 0 Å². The fourth-order valence-electron chi connectivity index (χ4n) is 3.38. The average molecular weight is 338 g/mol. The second-order valence-electron chi connectivity index (χ2n) is 6.64. The molecule has 25 heavy (non-hydrogen) atoms. The molecule has 0 aliphatic carbocycles. The average Bonchev–Trinajstić information content (AvgIpc) is 2.66. The number of carbonyl (C=O) groups excluding carboxylic acids is 1. The fraction of sp³-hybridized carbons (Fsp3) is 0.381. The van der Waals surface area contributed by atoms with E-state index in [2.05, 4.69) is 41.4 Å². The van der Waals surface area contributed by atoms with Crippen molar-refractivity contribution < 1.29 is 9.53 Å². The Morgan fingerprint density at radius 2 is 1.88 bits per heavy atom. The van der Waals surface area contributed by atoms with Gasteiger partial charge in [-0.2, -0.15) is 0 Å². The largest absolute Gasteiger partial charge is 0.380 e. The zero-order valence-electron chi connectivity index (χ0n) is 15.0. The number of nitrogens with zero attached hydrogens (tertiary/aromatic N) is 1. The van der Waals surface area contributed by atoms with E-state index in [1.54, 1.807) is 7.11 Å². The van der Waals surface area contributed by atoms with E-state index in [1.807, 2.05) is 24.3 Å². The number of rotatable bonds is 6. The van der Waals surface area contributed by atoms with E-state index in [4.69, 9.17) is 4.74 Å². The van der Waals surface area contributed by atoms with Crippen molar-refractivity contribution in [3.8, 4) is 0 Å². The second kappa shape index (κ2) is 8.28. The van der Waals surface area contributed by atoms with Gasteiger partial charge in [-0.05, 0) is 36.1 Å². The van der Waals surface area contributed by atoms with Crippen LogP contribution in [0, 0.1) is 0 Å². The Bertz CT molecular complexity index is 729. The number of benzene rings is 2. The molecule has 1 unspecified atom stereocenters. The number of hydrogen-bond donors (Lipinski definition) is 1. The van der Waals surface area contributed by atoms with Gasteiger partial charge < -0.3 is 10.1 Å². The number of ether oxygens (including phenoxy) is 1. The molecule has 2 aromatic carbocycles. The molecule has 1 aliphatic heterocycles. The van der Waals surface area contributed by atoms with Crippen LogP contribution in [-0.2, 0) is 24.3 Å². The number of methoxy groups -OCH3 is 1. The zero-order chi connectivity index (χ0) is 17.6. The van der Waals surface area contributed by atoms with Crippen molar-refractivity contribution in [2.24, 2.45) is 0 Å². The quantitative estimate of drug-likeness (QED) is 0.880. The molecule has 1 aliphatic rings. The number of nitrogens with one attached hydrogen (secondary N) is 1. The Kier molecular flexibility index (Phi) is 5.84. The summed E-state index contributed by atoms with van der Waals surface area (Å²) in [6.45, 7) is 5.25. The van der Waals surface area contributed by atoms with Gasteiger partial charge in [-0.15, -0.1) is 0 Å². The van der Waals surface area contributed by atoms with Crippen LogP contribution in [0.25, 0.3) is 0 Å².